The summed E-state index contributed by atoms with van der Waals surface area (Å²) in [6, 6.07) is 13.9. The van der Waals surface area contributed by atoms with Gasteiger partial charge in [0.2, 0.25) is 0 Å². The fourth-order valence-corrected chi connectivity index (χ4v) is 3.88. The van der Waals surface area contributed by atoms with Crippen molar-refractivity contribution in [3.8, 4) is 11.1 Å². The number of hydrogen-bond donors (Lipinski definition) is 2. The number of nitrogens with one attached hydrogen (secondary N) is 1. The van der Waals surface area contributed by atoms with E-state index in [2.05, 4.69) is 33.5 Å². The highest BCUT2D eigenvalue weighted by Gasteiger charge is 2.11. The molecule has 0 aliphatic carbocycles. The van der Waals surface area contributed by atoms with E-state index in [1.165, 1.54) is 11.2 Å². The fourth-order valence-electron chi connectivity index (χ4n) is 2.78. The number of hydrogen-bond acceptors (Lipinski definition) is 5. The summed E-state index contributed by atoms with van der Waals surface area (Å²) in [4.78, 5) is 21.8. The van der Waals surface area contributed by atoms with Crippen molar-refractivity contribution in [3.05, 3.63) is 48.8 Å². The number of anilines is 2. The first-order valence-electron chi connectivity index (χ1n) is 8.04. The summed E-state index contributed by atoms with van der Waals surface area (Å²) in [6.45, 7) is 0. The Morgan fingerprint density at radius 1 is 1.12 bits per heavy atom. The van der Waals surface area contributed by atoms with Crippen molar-refractivity contribution in [2.45, 2.75) is 0 Å². The van der Waals surface area contributed by atoms with Gasteiger partial charge in [-0.05, 0) is 29.3 Å². The Bertz CT molecular complexity index is 1140. The first-order chi connectivity index (χ1) is 12.5. The SMILES string of the molecule is CN(C)C(=O)Nc1cccc(-c2ccc3c(c2)sc2c(N)ncnc23)c1. The van der Waals surface area contributed by atoms with Crippen molar-refractivity contribution in [1.82, 2.24) is 14.9 Å². The highest BCUT2D eigenvalue weighted by atomic mass is 32.1. The largest absolute Gasteiger partial charge is 0.382 e. The first-order valence-corrected chi connectivity index (χ1v) is 8.86. The Hall–Kier alpha value is -3.19. The summed E-state index contributed by atoms with van der Waals surface area (Å²) in [5.41, 5.74) is 9.71. The van der Waals surface area contributed by atoms with E-state index in [1.54, 1.807) is 25.4 Å². The van der Waals surface area contributed by atoms with Crippen molar-refractivity contribution < 1.29 is 4.79 Å². The highest BCUT2D eigenvalue weighted by Crippen LogP contribution is 2.37. The van der Waals surface area contributed by atoms with Crippen molar-refractivity contribution >= 4 is 49.2 Å². The summed E-state index contributed by atoms with van der Waals surface area (Å²) < 4.78 is 2.01. The molecule has 2 aromatic carbocycles. The molecule has 0 aliphatic heterocycles. The van der Waals surface area contributed by atoms with Crippen LogP contribution in [0.5, 0.6) is 0 Å². The maximum absolute atomic E-state index is 11.9. The van der Waals surface area contributed by atoms with Gasteiger partial charge in [-0.3, -0.25) is 0 Å². The highest BCUT2D eigenvalue weighted by molar-refractivity contribution is 7.26. The molecular weight excluding hydrogens is 346 g/mol. The number of benzene rings is 2. The van der Waals surface area contributed by atoms with E-state index in [9.17, 15) is 4.79 Å². The Kier molecular flexibility index (Phi) is 3.93. The number of urea groups is 1. The van der Waals surface area contributed by atoms with Gasteiger partial charge in [0.1, 0.15) is 12.1 Å². The molecular formula is C19H17N5OS. The second kappa shape index (κ2) is 6.27. The minimum atomic E-state index is -0.156. The van der Waals surface area contributed by atoms with Gasteiger partial charge < -0.3 is 16.0 Å². The zero-order valence-electron chi connectivity index (χ0n) is 14.4. The van der Waals surface area contributed by atoms with Crippen LogP contribution in [0.2, 0.25) is 0 Å². The summed E-state index contributed by atoms with van der Waals surface area (Å²) in [7, 11) is 3.42. The van der Waals surface area contributed by atoms with Crippen LogP contribution >= 0.6 is 11.3 Å². The second-order valence-electron chi connectivity index (χ2n) is 6.16. The number of nitrogen functional groups attached to an aromatic ring is 1. The molecule has 26 heavy (non-hydrogen) atoms. The summed E-state index contributed by atoms with van der Waals surface area (Å²) in [5, 5.41) is 3.94. The molecule has 4 aromatic rings. The van der Waals surface area contributed by atoms with Gasteiger partial charge in [-0.2, -0.15) is 0 Å². The number of carbonyl (C=O) groups is 1. The lowest BCUT2D eigenvalue weighted by Crippen LogP contribution is -2.27. The van der Waals surface area contributed by atoms with Crippen LogP contribution in [0.15, 0.2) is 48.8 Å². The third kappa shape index (κ3) is 2.82. The molecule has 0 aliphatic rings. The van der Waals surface area contributed by atoms with Crippen LogP contribution in [0, 0.1) is 0 Å². The van der Waals surface area contributed by atoms with Gasteiger partial charge in [-0.1, -0.05) is 24.3 Å². The molecule has 2 amide bonds. The average Bonchev–Trinajstić information content (AvgIpc) is 3.01. The van der Waals surface area contributed by atoms with Gasteiger partial charge >= 0.3 is 6.03 Å². The lowest BCUT2D eigenvalue weighted by molar-refractivity contribution is 0.230. The number of nitrogens with two attached hydrogens (primary N) is 1. The lowest BCUT2D eigenvalue weighted by atomic mass is 10.0. The Balaban J connectivity index is 1.76. The number of fused-ring (bicyclic) bond motifs is 3. The van der Waals surface area contributed by atoms with E-state index >= 15 is 0 Å². The van der Waals surface area contributed by atoms with Crippen LogP contribution in [0.3, 0.4) is 0 Å². The van der Waals surface area contributed by atoms with Gasteiger partial charge in [0, 0.05) is 29.9 Å². The zero-order valence-corrected chi connectivity index (χ0v) is 15.2. The topological polar surface area (TPSA) is 84.1 Å². The van der Waals surface area contributed by atoms with E-state index in [0.717, 1.165) is 37.1 Å². The van der Waals surface area contributed by atoms with Crippen LogP contribution in [0.1, 0.15) is 0 Å². The maximum Gasteiger partial charge on any atom is 0.321 e. The molecule has 0 radical (unpaired) electrons. The van der Waals surface area contributed by atoms with E-state index in [1.807, 2.05) is 24.3 Å². The molecule has 130 valence electrons. The van der Waals surface area contributed by atoms with Gasteiger partial charge in [0.25, 0.3) is 0 Å². The summed E-state index contributed by atoms with van der Waals surface area (Å²) >= 11 is 1.59. The molecule has 0 spiro atoms. The van der Waals surface area contributed by atoms with Crippen LogP contribution in [-0.4, -0.2) is 35.0 Å². The monoisotopic (exact) mass is 363 g/mol. The molecule has 2 aromatic heterocycles. The normalized spacial score (nSPS) is 11.0. The molecule has 7 heteroatoms. The van der Waals surface area contributed by atoms with Crippen molar-refractivity contribution in [1.29, 1.82) is 0 Å². The predicted octanol–water partition coefficient (Wildman–Crippen LogP) is 4.19. The van der Waals surface area contributed by atoms with E-state index in [-0.39, 0.29) is 6.03 Å². The van der Waals surface area contributed by atoms with Crippen LogP contribution < -0.4 is 11.1 Å². The van der Waals surface area contributed by atoms with Crippen molar-refractivity contribution in [3.63, 3.8) is 0 Å². The minimum absolute atomic E-state index is 0.156. The number of carbonyl (C=O) groups excluding carboxylic acids is 1. The van der Waals surface area contributed by atoms with Crippen LogP contribution in [-0.2, 0) is 0 Å². The summed E-state index contributed by atoms with van der Waals surface area (Å²) in [5.74, 6) is 0.506. The van der Waals surface area contributed by atoms with Gasteiger partial charge in [-0.25, -0.2) is 14.8 Å². The Morgan fingerprint density at radius 3 is 2.73 bits per heavy atom. The number of nitrogens with zero attached hydrogens (tertiary/aromatic N) is 3. The number of thiophene rings is 1. The Morgan fingerprint density at radius 2 is 1.92 bits per heavy atom. The maximum atomic E-state index is 11.9. The number of rotatable bonds is 2. The van der Waals surface area contributed by atoms with E-state index < -0.39 is 0 Å². The van der Waals surface area contributed by atoms with E-state index in [4.69, 9.17) is 5.73 Å². The molecule has 0 fully saturated rings. The quantitative estimate of drug-likeness (QED) is 0.559. The van der Waals surface area contributed by atoms with Gasteiger partial charge in [0.15, 0.2) is 0 Å². The number of aromatic nitrogens is 2. The second-order valence-corrected chi connectivity index (χ2v) is 7.21. The third-order valence-electron chi connectivity index (χ3n) is 4.13. The average molecular weight is 363 g/mol. The van der Waals surface area contributed by atoms with Gasteiger partial charge in [-0.15, -0.1) is 11.3 Å². The molecule has 4 rings (SSSR count). The predicted molar refractivity (Wildman–Crippen MR) is 107 cm³/mol. The smallest absolute Gasteiger partial charge is 0.321 e. The Labute approximate surface area is 154 Å². The molecule has 6 nitrogen and oxygen atoms in total. The first kappa shape index (κ1) is 16.3. The molecule has 0 atom stereocenters. The fraction of sp³-hybridized carbons (Fsp3) is 0.105. The molecule has 0 unspecified atom stereocenters. The zero-order chi connectivity index (χ0) is 18.3. The van der Waals surface area contributed by atoms with Crippen LogP contribution in [0.25, 0.3) is 31.4 Å². The molecule has 3 N–H and O–H groups in total. The molecule has 0 bridgehead atoms. The molecule has 0 saturated carbocycles. The standard InChI is InChI=1S/C19H17N5OS/c1-24(2)19(25)23-13-5-3-4-11(8-13)12-6-7-14-15(9-12)26-17-16(14)21-10-22-18(17)20/h3-10H,1-2H3,(H,23,25)(H2,20,21,22). The van der Waals surface area contributed by atoms with E-state index in [0.29, 0.717) is 5.82 Å². The summed E-state index contributed by atoms with van der Waals surface area (Å²) in [6.07, 6.45) is 1.49. The third-order valence-corrected chi connectivity index (χ3v) is 5.30. The van der Waals surface area contributed by atoms with Crippen molar-refractivity contribution in [2.24, 2.45) is 0 Å². The van der Waals surface area contributed by atoms with Crippen LogP contribution in [0.4, 0.5) is 16.3 Å². The number of amides is 2. The molecule has 2 heterocycles. The minimum Gasteiger partial charge on any atom is -0.382 e. The lowest BCUT2D eigenvalue weighted by Gasteiger charge is -2.12. The van der Waals surface area contributed by atoms with Gasteiger partial charge in [0.05, 0.1) is 10.2 Å². The molecule has 0 saturated heterocycles. The van der Waals surface area contributed by atoms with Crippen molar-refractivity contribution in [2.75, 3.05) is 25.1 Å².